The second-order valence-electron chi connectivity index (χ2n) is 7.38. The minimum absolute atomic E-state index is 0.0381. The van der Waals surface area contributed by atoms with Gasteiger partial charge in [-0.3, -0.25) is 25.0 Å². The van der Waals surface area contributed by atoms with Crippen LogP contribution in [0.3, 0.4) is 0 Å². The lowest BCUT2D eigenvalue weighted by atomic mass is 9.48. The minimum Gasteiger partial charge on any atom is -0.458 e. The van der Waals surface area contributed by atoms with E-state index in [1.807, 2.05) is 6.92 Å². The van der Waals surface area contributed by atoms with Crippen LogP contribution in [0, 0.1) is 26.1 Å². The highest BCUT2D eigenvalue weighted by molar-refractivity contribution is 5.70. The number of nitrogens with zero attached hydrogens (tertiary/aromatic N) is 2. The van der Waals surface area contributed by atoms with E-state index in [-0.39, 0.29) is 41.4 Å². The van der Waals surface area contributed by atoms with Crippen molar-refractivity contribution >= 4 is 5.97 Å². The van der Waals surface area contributed by atoms with Crippen LogP contribution in [-0.2, 0) is 9.53 Å². The van der Waals surface area contributed by atoms with Gasteiger partial charge in [0.1, 0.15) is 5.60 Å². The topological polar surface area (TPSA) is 113 Å². The van der Waals surface area contributed by atoms with E-state index in [0.717, 1.165) is 0 Å². The summed E-state index contributed by atoms with van der Waals surface area (Å²) in [5.74, 6) is -0.511. The van der Waals surface area contributed by atoms with E-state index in [9.17, 15) is 25.0 Å². The van der Waals surface area contributed by atoms with Gasteiger partial charge in [0, 0.05) is 29.1 Å². The SMILES string of the molecule is CCCC(=O)OC12CC3CC([N+](=O)[O-])(C1)CC([N+](=O)[O-])(C3)C2. The molecule has 0 aromatic carbocycles. The van der Waals surface area contributed by atoms with Gasteiger partial charge in [-0.15, -0.1) is 0 Å². The molecule has 4 saturated carbocycles. The van der Waals surface area contributed by atoms with Gasteiger partial charge in [0.25, 0.3) is 0 Å². The molecule has 22 heavy (non-hydrogen) atoms. The summed E-state index contributed by atoms with van der Waals surface area (Å²) >= 11 is 0. The van der Waals surface area contributed by atoms with Gasteiger partial charge < -0.3 is 4.74 Å². The normalized spacial score (nSPS) is 42.1. The van der Waals surface area contributed by atoms with Crippen molar-refractivity contribution in [3.63, 3.8) is 0 Å². The smallest absolute Gasteiger partial charge is 0.306 e. The van der Waals surface area contributed by atoms with Gasteiger partial charge in [0.05, 0.1) is 19.3 Å². The first-order valence-corrected chi connectivity index (χ1v) is 7.76. The lowest BCUT2D eigenvalue weighted by Crippen LogP contribution is -2.71. The van der Waals surface area contributed by atoms with Crippen molar-refractivity contribution in [2.24, 2.45) is 5.92 Å². The van der Waals surface area contributed by atoms with Crippen LogP contribution in [-0.4, -0.2) is 32.5 Å². The first kappa shape index (κ1) is 15.2. The number of esters is 1. The summed E-state index contributed by atoms with van der Waals surface area (Å²) in [5, 5.41) is 23.2. The maximum absolute atomic E-state index is 11.9. The number of nitro groups is 2. The molecule has 2 unspecified atom stereocenters. The largest absolute Gasteiger partial charge is 0.458 e. The van der Waals surface area contributed by atoms with Gasteiger partial charge in [-0.2, -0.15) is 0 Å². The summed E-state index contributed by atoms with van der Waals surface area (Å²) in [4.78, 5) is 34.4. The third kappa shape index (κ3) is 2.07. The van der Waals surface area contributed by atoms with Crippen molar-refractivity contribution in [1.29, 1.82) is 0 Å². The summed E-state index contributed by atoms with van der Waals surface area (Å²) in [6, 6.07) is 0. The number of rotatable bonds is 5. The van der Waals surface area contributed by atoms with Crippen molar-refractivity contribution in [2.45, 2.75) is 75.0 Å². The quantitative estimate of drug-likeness (QED) is 0.436. The van der Waals surface area contributed by atoms with E-state index in [1.54, 1.807) is 0 Å². The molecule has 4 rings (SSSR count). The molecule has 0 aromatic heterocycles. The first-order chi connectivity index (χ1) is 10.2. The Morgan fingerprint density at radius 3 is 2.09 bits per heavy atom. The Kier molecular flexibility index (Phi) is 3.19. The van der Waals surface area contributed by atoms with Crippen LogP contribution >= 0.6 is 0 Å². The lowest BCUT2D eigenvalue weighted by Gasteiger charge is -2.57. The Balaban J connectivity index is 1.97. The number of carbonyl (C=O) groups excluding carboxylic acids is 1. The van der Waals surface area contributed by atoms with E-state index in [1.165, 1.54) is 0 Å². The molecule has 2 atom stereocenters. The van der Waals surface area contributed by atoms with Crippen molar-refractivity contribution < 1.29 is 19.4 Å². The molecule has 8 heteroatoms. The van der Waals surface area contributed by atoms with Gasteiger partial charge >= 0.3 is 5.97 Å². The van der Waals surface area contributed by atoms with Crippen LogP contribution < -0.4 is 0 Å². The molecule has 0 amide bonds. The van der Waals surface area contributed by atoms with Crippen LogP contribution in [0.1, 0.15) is 58.3 Å². The lowest BCUT2D eigenvalue weighted by molar-refractivity contribution is -0.648. The molecule has 0 aromatic rings. The summed E-state index contributed by atoms with van der Waals surface area (Å²) < 4.78 is 5.59. The number of ether oxygens (including phenoxy) is 1. The average Bonchev–Trinajstić information content (AvgIpc) is 2.36. The van der Waals surface area contributed by atoms with Crippen LogP contribution in [0.4, 0.5) is 0 Å². The molecule has 0 heterocycles. The fourth-order valence-corrected chi connectivity index (χ4v) is 5.27. The zero-order valence-corrected chi connectivity index (χ0v) is 12.6. The number of hydrogen-bond acceptors (Lipinski definition) is 6. The fourth-order valence-electron chi connectivity index (χ4n) is 5.27. The van der Waals surface area contributed by atoms with Gasteiger partial charge in [0.2, 0.25) is 11.1 Å². The standard InChI is InChI=1S/C14H20N2O6/c1-2-3-11(17)22-14-6-10-4-12(8-14,15(18)19)7-13(5-10,9-14)16(20)21/h10H,2-9H2,1H3. The average molecular weight is 312 g/mol. The van der Waals surface area contributed by atoms with Gasteiger partial charge in [0.15, 0.2) is 0 Å². The second-order valence-corrected chi connectivity index (χ2v) is 7.38. The molecule has 8 nitrogen and oxygen atoms in total. The maximum Gasteiger partial charge on any atom is 0.306 e. The van der Waals surface area contributed by atoms with E-state index in [0.29, 0.717) is 25.7 Å². The molecular formula is C14H20N2O6. The third-order valence-electron chi connectivity index (χ3n) is 5.52. The Labute approximate surface area is 127 Å². The molecule has 0 radical (unpaired) electrons. The summed E-state index contributed by atoms with van der Waals surface area (Å²) in [5.41, 5.74) is -3.64. The Hall–Kier alpha value is -1.73. The molecule has 0 aliphatic heterocycles. The highest BCUT2D eigenvalue weighted by atomic mass is 16.6. The summed E-state index contributed by atoms with van der Waals surface area (Å²) in [6.45, 7) is 1.85. The van der Waals surface area contributed by atoms with E-state index < -0.39 is 22.6 Å². The Morgan fingerprint density at radius 2 is 1.64 bits per heavy atom. The first-order valence-electron chi connectivity index (χ1n) is 7.76. The van der Waals surface area contributed by atoms with Gasteiger partial charge in [-0.1, -0.05) is 6.92 Å². The highest BCUT2D eigenvalue weighted by Crippen LogP contribution is 2.62. The highest BCUT2D eigenvalue weighted by Gasteiger charge is 2.75. The van der Waals surface area contributed by atoms with Crippen LogP contribution in [0.15, 0.2) is 0 Å². The Morgan fingerprint density at radius 1 is 1.09 bits per heavy atom. The molecule has 0 saturated heterocycles. The molecule has 4 aliphatic carbocycles. The molecule has 122 valence electrons. The van der Waals surface area contributed by atoms with Crippen LogP contribution in [0.25, 0.3) is 0 Å². The van der Waals surface area contributed by atoms with E-state index >= 15 is 0 Å². The third-order valence-corrected chi connectivity index (χ3v) is 5.52. The zero-order chi connectivity index (χ0) is 16.2. The van der Waals surface area contributed by atoms with Crippen LogP contribution in [0.2, 0.25) is 0 Å². The summed E-state index contributed by atoms with van der Waals surface area (Å²) in [7, 11) is 0. The molecule has 0 N–H and O–H groups in total. The predicted octanol–water partition coefficient (Wildman–Crippen LogP) is 2.10. The van der Waals surface area contributed by atoms with Crippen molar-refractivity contribution in [3.8, 4) is 0 Å². The van der Waals surface area contributed by atoms with Gasteiger partial charge in [-0.05, 0) is 18.8 Å². The van der Waals surface area contributed by atoms with E-state index in [2.05, 4.69) is 0 Å². The zero-order valence-electron chi connectivity index (χ0n) is 12.6. The van der Waals surface area contributed by atoms with Crippen molar-refractivity contribution in [2.75, 3.05) is 0 Å². The van der Waals surface area contributed by atoms with E-state index in [4.69, 9.17) is 4.74 Å². The molecule has 4 bridgehead atoms. The summed E-state index contributed by atoms with van der Waals surface area (Å²) in [6.07, 6.45) is 2.31. The minimum atomic E-state index is -1.31. The van der Waals surface area contributed by atoms with Gasteiger partial charge in [-0.25, -0.2) is 0 Å². The van der Waals surface area contributed by atoms with Crippen molar-refractivity contribution in [3.05, 3.63) is 20.2 Å². The number of carbonyl (C=O) groups is 1. The molecular weight excluding hydrogens is 292 g/mol. The molecule has 4 fully saturated rings. The molecule has 4 aliphatic rings. The molecule has 0 spiro atoms. The van der Waals surface area contributed by atoms with Crippen molar-refractivity contribution in [1.82, 2.24) is 0 Å². The maximum atomic E-state index is 11.9. The second kappa shape index (κ2) is 4.63. The monoisotopic (exact) mass is 312 g/mol. The Bertz CT molecular complexity index is 517. The van der Waals surface area contributed by atoms with Crippen LogP contribution in [0.5, 0.6) is 0 Å². The fraction of sp³-hybridized carbons (Fsp3) is 0.929. The predicted molar refractivity (Wildman–Crippen MR) is 74.4 cm³/mol. The number of hydrogen-bond donors (Lipinski definition) is 0.